The fourth-order valence-electron chi connectivity index (χ4n) is 2.16. The smallest absolute Gasteiger partial charge is 0.267 e. The molecule has 144 valence electrons. The Bertz CT molecular complexity index is 874. The van der Waals surface area contributed by atoms with Crippen LogP contribution in [0.5, 0.6) is 0 Å². The van der Waals surface area contributed by atoms with Gasteiger partial charge >= 0.3 is 0 Å². The summed E-state index contributed by atoms with van der Waals surface area (Å²) in [5, 5.41) is 0.574. The van der Waals surface area contributed by atoms with E-state index in [-0.39, 0.29) is 15.7 Å². The van der Waals surface area contributed by atoms with Gasteiger partial charge in [0.15, 0.2) is 0 Å². The van der Waals surface area contributed by atoms with E-state index >= 15 is 0 Å². The second-order valence-electron chi connectivity index (χ2n) is 6.46. The number of hydrogen-bond acceptors (Lipinski definition) is 3. The van der Waals surface area contributed by atoms with Crippen molar-refractivity contribution in [3.63, 3.8) is 0 Å². The van der Waals surface area contributed by atoms with E-state index in [1.54, 1.807) is 20.8 Å². The molecular weight excluding hydrogens is 406 g/mol. The van der Waals surface area contributed by atoms with Crippen LogP contribution in [0.2, 0.25) is 10.2 Å². The summed E-state index contributed by atoms with van der Waals surface area (Å²) in [6, 6.07) is 2.04. The lowest BCUT2D eigenvalue weighted by Gasteiger charge is -2.35. The van der Waals surface area contributed by atoms with E-state index < -0.39 is 40.4 Å². The van der Waals surface area contributed by atoms with E-state index in [1.807, 2.05) is 0 Å². The summed E-state index contributed by atoms with van der Waals surface area (Å²) in [6.07, 6.45) is 1.28. The molecular formula is C17H14Cl2F3N3O2. The molecule has 0 saturated heterocycles. The Labute approximate surface area is 163 Å². The maximum atomic E-state index is 13.9. The van der Waals surface area contributed by atoms with Gasteiger partial charge in [-0.2, -0.15) is 0 Å². The minimum Gasteiger partial charge on any atom is -0.267 e. The lowest BCUT2D eigenvalue weighted by atomic mass is 10.1. The second-order valence-corrected chi connectivity index (χ2v) is 7.22. The van der Waals surface area contributed by atoms with Crippen LogP contribution in [0.1, 0.15) is 41.5 Å². The monoisotopic (exact) mass is 419 g/mol. The first-order valence-corrected chi connectivity index (χ1v) is 8.29. The molecule has 0 bridgehead atoms. The Morgan fingerprint density at radius 1 is 1.07 bits per heavy atom. The van der Waals surface area contributed by atoms with Crippen molar-refractivity contribution < 1.29 is 22.8 Å². The third-order valence-corrected chi connectivity index (χ3v) is 3.99. The third-order valence-electron chi connectivity index (χ3n) is 3.39. The Hall–Kier alpha value is -2.32. The van der Waals surface area contributed by atoms with Gasteiger partial charge in [0.25, 0.3) is 11.8 Å². The van der Waals surface area contributed by atoms with E-state index in [4.69, 9.17) is 23.2 Å². The molecule has 5 nitrogen and oxygen atoms in total. The van der Waals surface area contributed by atoms with Gasteiger partial charge in [0.1, 0.15) is 28.2 Å². The molecule has 27 heavy (non-hydrogen) atoms. The molecule has 0 aliphatic rings. The number of amides is 2. The molecule has 0 aliphatic carbocycles. The number of hydrazine groups is 1. The largest absolute Gasteiger partial charge is 0.277 e. The van der Waals surface area contributed by atoms with Crippen molar-refractivity contribution in [3.05, 3.63) is 63.2 Å². The average molecular weight is 420 g/mol. The highest BCUT2D eigenvalue weighted by atomic mass is 35.5. The molecule has 0 radical (unpaired) electrons. The normalized spacial score (nSPS) is 11.3. The van der Waals surface area contributed by atoms with Crippen molar-refractivity contribution in [2.24, 2.45) is 0 Å². The minimum absolute atomic E-state index is 0.0253. The van der Waals surface area contributed by atoms with Crippen LogP contribution < -0.4 is 5.43 Å². The van der Waals surface area contributed by atoms with Gasteiger partial charge in [-0.05, 0) is 26.8 Å². The molecule has 2 aromatic rings. The van der Waals surface area contributed by atoms with Gasteiger partial charge in [0.2, 0.25) is 0 Å². The zero-order chi connectivity index (χ0) is 20.5. The molecule has 2 amide bonds. The van der Waals surface area contributed by atoms with Crippen LogP contribution in [0.15, 0.2) is 24.4 Å². The Morgan fingerprint density at radius 3 is 2.11 bits per heavy atom. The van der Waals surface area contributed by atoms with Crippen LogP contribution in [0.3, 0.4) is 0 Å². The van der Waals surface area contributed by atoms with Crippen LogP contribution >= 0.6 is 23.2 Å². The first-order valence-electron chi connectivity index (χ1n) is 7.53. The number of rotatable bonds is 2. The van der Waals surface area contributed by atoms with Gasteiger partial charge < -0.3 is 0 Å². The molecule has 0 fully saturated rings. The number of halogens is 5. The number of carbonyl (C=O) groups is 2. The Balaban J connectivity index is 2.45. The number of pyridine rings is 1. The van der Waals surface area contributed by atoms with Gasteiger partial charge in [-0.1, -0.05) is 23.2 Å². The van der Waals surface area contributed by atoms with E-state index in [9.17, 15) is 22.8 Å². The van der Waals surface area contributed by atoms with Crippen molar-refractivity contribution in [1.82, 2.24) is 15.4 Å². The maximum Gasteiger partial charge on any atom is 0.277 e. The average Bonchev–Trinajstić information content (AvgIpc) is 2.50. The van der Waals surface area contributed by atoms with E-state index in [2.05, 4.69) is 10.4 Å². The first kappa shape index (κ1) is 21.0. The van der Waals surface area contributed by atoms with E-state index in [0.29, 0.717) is 12.1 Å². The fraction of sp³-hybridized carbons (Fsp3) is 0.235. The SMILES string of the molecule is CC(C)(C)N(NC(=O)c1c(F)cc(F)cc1F)C(=O)c1c(Cl)ccnc1Cl. The molecule has 1 aromatic heterocycles. The zero-order valence-corrected chi connectivity index (χ0v) is 15.9. The van der Waals surface area contributed by atoms with Crippen LogP contribution in [0.25, 0.3) is 0 Å². The summed E-state index contributed by atoms with van der Waals surface area (Å²) in [7, 11) is 0. The van der Waals surface area contributed by atoms with E-state index in [1.165, 1.54) is 12.3 Å². The summed E-state index contributed by atoms with van der Waals surface area (Å²) in [4.78, 5) is 29.0. The quantitative estimate of drug-likeness (QED) is 0.579. The number of aromatic nitrogens is 1. The Kier molecular flexibility index (Phi) is 6.01. The molecule has 1 N–H and O–H groups in total. The lowest BCUT2D eigenvalue weighted by molar-refractivity contribution is 0.0355. The van der Waals surface area contributed by atoms with E-state index in [0.717, 1.165) is 5.01 Å². The van der Waals surface area contributed by atoms with Gasteiger partial charge in [-0.15, -0.1) is 0 Å². The van der Waals surface area contributed by atoms with Gasteiger partial charge in [0, 0.05) is 18.3 Å². The number of nitrogens with zero attached hydrogens (tertiary/aromatic N) is 2. The molecule has 0 unspecified atom stereocenters. The number of nitrogens with one attached hydrogen (secondary N) is 1. The second kappa shape index (κ2) is 7.74. The van der Waals surface area contributed by atoms with Gasteiger partial charge in [0.05, 0.1) is 16.1 Å². The number of benzene rings is 1. The minimum atomic E-state index is -1.41. The van der Waals surface area contributed by atoms with Crippen LogP contribution in [-0.4, -0.2) is 27.3 Å². The highest BCUT2D eigenvalue weighted by molar-refractivity contribution is 6.39. The van der Waals surface area contributed by atoms with Crippen LogP contribution in [0.4, 0.5) is 13.2 Å². The van der Waals surface area contributed by atoms with Gasteiger partial charge in [-0.3, -0.25) is 15.0 Å². The third kappa shape index (κ3) is 4.51. The van der Waals surface area contributed by atoms with Crippen molar-refractivity contribution in [1.29, 1.82) is 0 Å². The van der Waals surface area contributed by atoms with Crippen molar-refractivity contribution in [2.75, 3.05) is 0 Å². The lowest BCUT2D eigenvalue weighted by Crippen LogP contribution is -2.56. The number of carbonyl (C=O) groups excluding carboxylic acids is 2. The summed E-state index contributed by atoms with van der Waals surface area (Å²) in [5.74, 6) is -6.14. The summed E-state index contributed by atoms with van der Waals surface area (Å²) in [5.41, 5.74) is -0.153. The molecule has 2 rings (SSSR count). The fourth-order valence-corrected chi connectivity index (χ4v) is 2.67. The zero-order valence-electron chi connectivity index (χ0n) is 14.4. The van der Waals surface area contributed by atoms with Crippen LogP contribution in [-0.2, 0) is 0 Å². The standard InChI is InChI=1S/C17H14Cl2F3N3O2/c1-17(2,3)25(16(27)12-9(18)4-5-23-14(12)19)24-15(26)13-10(21)6-8(20)7-11(13)22/h4-7H,1-3H3,(H,24,26). The topological polar surface area (TPSA) is 62.3 Å². The molecule has 0 aliphatic heterocycles. The van der Waals surface area contributed by atoms with Crippen molar-refractivity contribution in [3.8, 4) is 0 Å². The summed E-state index contributed by atoms with van der Waals surface area (Å²) in [6.45, 7) is 4.67. The molecule has 0 spiro atoms. The molecule has 0 atom stereocenters. The maximum absolute atomic E-state index is 13.9. The summed E-state index contributed by atoms with van der Waals surface area (Å²) >= 11 is 11.9. The predicted molar refractivity (Wildman–Crippen MR) is 94.0 cm³/mol. The summed E-state index contributed by atoms with van der Waals surface area (Å²) < 4.78 is 40.8. The highest BCUT2D eigenvalue weighted by Crippen LogP contribution is 2.26. The van der Waals surface area contributed by atoms with Crippen molar-refractivity contribution in [2.45, 2.75) is 26.3 Å². The van der Waals surface area contributed by atoms with Crippen LogP contribution in [0, 0.1) is 17.5 Å². The first-order chi connectivity index (χ1) is 12.4. The Morgan fingerprint density at radius 2 is 1.63 bits per heavy atom. The molecule has 0 saturated carbocycles. The molecule has 10 heteroatoms. The van der Waals surface area contributed by atoms with Gasteiger partial charge in [-0.25, -0.2) is 23.2 Å². The number of hydrogen-bond donors (Lipinski definition) is 1. The molecule has 1 heterocycles. The highest BCUT2D eigenvalue weighted by Gasteiger charge is 2.33. The van der Waals surface area contributed by atoms with Crippen molar-refractivity contribution >= 4 is 35.0 Å². The predicted octanol–water partition coefficient (Wildman–Crippen LogP) is 4.39. The molecule has 1 aromatic carbocycles.